The molecule has 26 heavy (non-hydrogen) atoms. The van der Waals surface area contributed by atoms with Crippen LogP contribution >= 0.6 is 24.0 Å². The molecule has 2 fully saturated rings. The van der Waals surface area contributed by atoms with Gasteiger partial charge in [0, 0.05) is 38.1 Å². The van der Waals surface area contributed by atoms with E-state index in [9.17, 15) is 4.79 Å². The van der Waals surface area contributed by atoms with Gasteiger partial charge >= 0.3 is 0 Å². The van der Waals surface area contributed by atoms with Gasteiger partial charge in [-0.25, -0.2) is 0 Å². The molecule has 2 aliphatic rings. The Balaban J connectivity index is 0.00000338. The Bertz CT molecular complexity index is 453. The predicted octanol–water partition coefficient (Wildman–Crippen LogP) is 3.78. The average molecular weight is 478 g/mol. The van der Waals surface area contributed by atoms with E-state index in [4.69, 9.17) is 4.99 Å². The highest BCUT2D eigenvalue weighted by Crippen LogP contribution is 2.41. The molecule has 1 saturated carbocycles. The summed E-state index contributed by atoms with van der Waals surface area (Å²) in [6, 6.07) is 0.412. The molecular formula is C20H39IN4O. The number of amides is 1. The maximum absolute atomic E-state index is 12.1. The van der Waals surface area contributed by atoms with E-state index in [0.29, 0.717) is 11.5 Å². The second kappa shape index (κ2) is 11.3. The molecule has 0 bridgehead atoms. The lowest BCUT2D eigenvalue weighted by molar-refractivity contribution is -0.135. The molecule has 1 aliphatic carbocycles. The van der Waals surface area contributed by atoms with Crippen molar-refractivity contribution in [1.82, 2.24) is 15.5 Å². The number of carbonyl (C=O) groups is 1. The molecule has 5 nitrogen and oxygen atoms in total. The van der Waals surface area contributed by atoms with Crippen LogP contribution in [0.1, 0.15) is 72.6 Å². The number of aliphatic imine (C=N–C) groups is 1. The Kier molecular flexibility index (Phi) is 10.3. The first-order valence-corrected chi connectivity index (χ1v) is 10.3. The van der Waals surface area contributed by atoms with E-state index in [1.54, 1.807) is 0 Å². The van der Waals surface area contributed by atoms with Crippen LogP contribution in [-0.4, -0.2) is 49.0 Å². The lowest BCUT2D eigenvalue weighted by Crippen LogP contribution is -2.50. The van der Waals surface area contributed by atoms with Crippen molar-refractivity contribution in [2.75, 3.05) is 26.2 Å². The van der Waals surface area contributed by atoms with Crippen LogP contribution < -0.4 is 10.6 Å². The number of hydrogen-bond donors (Lipinski definition) is 2. The summed E-state index contributed by atoms with van der Waals surface area (Å²) in [7, 11) is 0. The fourth-order valence-corrected chi connectivity index (χ4v) is 4.12. The molecule has 6 heteroatoms. The molecule has 2 rings (SSSR count). The third-order valence-corrected chi connectivity index (χ3v) is 5.97. The molecule has 0 spiro atoms. The van der Waals surface area contributed by atoms with E-state index in [1.165, 1.54) is 32.1 Å². The highest BCUT2D eigenvalue weighted by Gasteiger charge is 2.32. The van der Waals surface area contributed by atoms with E-state index >= 15 is 0 Å². The minimum Gasteiger partial charge on any atom is -0.357 e. The van der Waals surface area contributed by atoms with Crippen LogP contribution in [0.3, 0.4) is 0 Å². The molecule has 0 atom stereocenters. The zero-order chi connectivity index (χ0) is 18.3. The minimum atomic E-state index is 0. The number of piperidine rings is 1. The standard InChI is InChI=1S/C20H38N4O.HI/c1-5-20(11-7-8-12-20)15-22-19(21-6-2)23-17-9-13-24(14-10-17)18(25)16(3)4;/h16-17H,5-15H2,1-4H3,(H2,21,22,23);1H. The summed E-state index contributed by atoms with van der Waals surface area (Å²) in [5.74, 6) is 1.33. The van der Waals surface area contributed by atoms with Crippen molar-refractivity contribution in [3.05, 3.63) is 0 Å². The summed E-state index contributed by atoms with van der Waals surface area (Å²) in [5.41, 5.74) is 0.426. The van der Waals surface area contributed by atoms with E-state index < -0.39 is 0 Å². The van der Waals surface area contributed by atoms with Gasteiger partial charge in [-0.15, -0.1) is 24.0 Å². The highest BCUT2D eigenvalue weighted by atomic mass is 127. The number of nitrogens with one attached hydrogen (secondary N) is 2. The molecule has 0 aromatic heterocycles. The molecule has 2 N–H and O–H groups in total. The Morgan fingerprint density at radius 3 is 2.31 bits per heavy atom. The van der Waals surface area contributed by atoms with Gasteiger partial charge in [0.2, 0.25) is 5.91 Å². The zero-order valence-electron chi connectivity index (χ0n) is 17.1. The molecule has 1 saturated heterocycles. The van der Waals surface area contributed by atoms with Gasteiger partial charge in [-0.3, -0.25) is 9.79 Å². The van der Waals surface area contributed by atoms with Gasteiger partial charge in [0.05, 0.1) is 0 Å². The molecule has 0 aromatic rings. The Labute approximate surface area is 177 Å². The van der Waals surface area contributed by atoms with Gasteiger partial charge < -0.3 is 15.5 Å². The van der Waals surface area contributed by atoms with Crippen molar-refractivity contribution in [3.8, 4) is 0 Å². The van der Waals surface area contributed by atoms with Crippen LogP contribution in [0.15, 0.2) is 4.99 Å². The topological polar surface area (TPSA) is 56.7 Å². The normalized spacial score (nSPS) is 20.8. The summed E-state index contributed by atoms with van der Waals surface area (Å²) in [6.45, 7) is 11.9. The predicted molar refractivity (Wildman–Crippen MR) is 120 cm³/mol. The number of hydrogen-bond acceptors (Lipinski definition) is 2. The van der Waals surface area contributed by atoms with Gasteiger partial charge in [0.1, 0.15) is 0 Å². The molecule has 0 unspecified atom stereocenters. The first-order chi connectivity index (χ1) is 12.0. The van der Waals surface area contributed by atoms with Gasteiger partial charge in [0.15, 0.2) is 5.96 Å². The van der Waals surface area contributed by atoms with Crippen molar-refractivity contribution in [2.24, 2.45) is 16.3 Å². The summed E-state index contributed by atoms with van der Waals surface area (Å²) >= 11 is 0. The fraction of sp³-hybridized carbons (Fsp3) is 0.900. The monoisotopic (exact) mass is 478 g/mol. The first kappa shape index (κ1) is 23.5. The third kappa shape index (κ3) is 6.57. The van der Waals surface area contributed by atoms with Gasteiger partial charge in [-0.2, -0.15) is 0 Å². The summed E-state index contributed by atoms with van der Waals surface area (Å²) in [5, 5.41) is 7.02. The van der Waals surface area contributed by atoms with Crippen LogP contribution in [0.2, 0.25) is 0 Å². The van der Waals surface area contributed by atoms with Gasteiger partial charge in [-0.05, 0) is 44.4 Å². The fourth-order valence-electron chi connectivity index (χ4n) is 4.12. The number of carbonyl (C=O) groups excluding carboxylic acids is 1. The number of guanidine groups is 1. The van der Waals surface area contributed by atoms with Crippen LogP contribution in [-0.2, 0) is 4.79 Å². The molecule has 152 valence electrons. The van der Waals surface area contributed by atoms with Gasteiger partial charge in [0.25, 0.3) is 0 Å². The second-order valence-electron chi connectivity index (χ2n) is 8.15. The lowest BCUT2D eigenvalue weighted by Gasteiger charge is -2.34. The SMILES string of the molecule is CCNC(=NCC1(CC)CCCC1)NC1CCN(C(=O)C(C)C)CC1.I. The quantitative estimate of drug-likeness (QED) is 0.347. The number of halogens is 1. The number of nitrogens with zero attached hydrogens (tertiary/aromatic N) is 2. The maximum Gasteiger partial charge on any atom is 0.225 e. The largest absolute Gasteiger partial charge is 0.357 e. The van der Waals surface area contributed by atoms with Crippen LogP contribution in [0, 0.1) is 11.3 Å². The van der Waals surface area contributed by atoms with Crippen molar-refractivity contribution in [1.29, 1.82) is 0 Å². The van der Waals surface area contributed by atoms with Gasteiger partial charge in [-0.1, -0.05) is 33.6 Å². The molecule has 1 heterocycles. The van der Waals surface area contributed by atoms with Crippen LogP contribution in [0.4, 0.5) is 0 Å². The molecular weight excluding hydrogens is 439 g/mol. The number of rotatable bonds is 6. The van der Waals surface area contributed by atoms with Crippen molar-refractivity contribution in [3.63, 3.8) is 0 Å². The average Bonchev–Trinajstić information content (AvgIpc) is 3.09. The second-order valence-corrected chi connectivity index (χ2v) is 8.15. The summed E-state index contributed by atoms with van der Waals surface area (Å²) in [4.78, 5) is 19.1. The van der Waals surface area contributed by atoms with E-state index in [-0.39, 0.29) is 35.8 Å². The third-order valence-electron chi connectivity index (χ3n) is 5.97. The van der Waals surface area contributed by atoms with E-state index in [1.807, 2.05) is 18.7 Å². The van der Waals surface area contributed by atoms with E-state index in [2.05, 4.69) is 24.5 Å². The molecule has 1 amide bonds. The summed E-state index contributed by atoms with van der Waals surface area (Å²) < 4.78 is 0. The Morgan fingerprint density at radius 1 is 1.19 bits per heavy atom. The highest BCUT2D eigenvalue weighted by molar-refractivity contribution is 14.0. The van der Waals surface area contributed by atoms with Crippen LogP contribution in [0.5, 0.6) is 0 Å². The van der Waals surface area contributed by atoms with Crippen LogP contribution in [0.25, 0.3) is 0 Å². The molecule has 0 aromatic carbocycles. The smallest absolute Gasteiger partial charge is 0.225 e. The Hall–Kier alpha value is -0.530. The van der Waals surface area contributed by atoms with Crippen molar-refractivity contribution < 1.29 is 4.79 Å². The molecule has 0 radical (unpaired) electrons. The first-order valence-electron chi connectivity index (χ1n) is 10.3. The van der Waals surface area contributed by atoms with Crippen molar-refractivity contribution >= 4 is 35.8 Å². The summed E-state index contributed by atoms with van der Waals surface area (Å²) in [6.07, 6.45) is 8.59. The number of likely N-dealkylation sites (tertiary alicyclic amines) is 1. The Morgan fingerprint density at radius 2 is 1.81 bits per heavy atom. The maximum atomic E-state index is 12.1. The van der Waals surface area contributed by atoms with Crippen molar-refractivity contribution in [2.45, 2.75) is 78.7 Å². The van der Waals surface area contributed by atoms with E-state index in [0.717, 1.165) is 45.0 Å². The zero-order valence-corrected chi connectivity index (χ0v) is 19.5. The molecule has 1 aliphatic heterocycles. The minimum absolute atomic E-state index is 0. The lowest BCUT2D eigenvalue weighted by atomic mass is 9.84.